The van der Waals surface area contributed by atoms with E-state index in [2.05, 4.69) is 5.32 Å². The van der Waals surface area contributed by atoms with Gasteiger partial charge in [-0.3, -0.25) is 9.59 Å². The van der Waals surface area contributed by atoms with Crippen molar-refractivity contribution in [1.29, 1.82) is 0 Å². The van der Waals surface area contributed by atoms with Crippen LogP contribution in [0.2, 0.25) is 0 Å². The third-order valence-corrected chi connectivity index (χ3v) is 3.80. The molecule has 2 amide bonds. The van der Waals surface area contributed by atoms with Crippen molar-refractivity contribution >= 4 is 11.8 Å². The maximum absolute atomic E-state index is 12.4. The maximum atomic E-state index is 12.4. The average molecular weight is 270 g/mol. The fraction of sp³-hybridized carbons (Fsp3) is 0.846. The van der Waals surface area contributed by atoms with Gasteiger partial charge in [0.15, 0.2) is 0 Å². The second kappa shape index (κ2) is 5.88. The molecule has 19 heavy (non-hydrogen) atoms. The predicted molar refractivity (Wildman–Crippen MR) is 68.5 cm³/mol. The van der Waals surface area contributed by atoms with Crippen molar-refractivity contribution in [1.82, 2.24) is 10.2 Å². The third-order valence-electron chi connectivity index (χ3n) is 3.80. The number of hydrogen-bond donors (Lipinski definition) is 1. The summed E-state index contributed by atoms with van der Waals surface area (Å²) in [4.78, 5) is 25.8. The van der Waals surface area contributed by atoms with Crippen molar-refractivity contribution in [3.63, 3.8) is 0 Å². The lowest BCUT2D eigenvalue weighted by Crippen LogP contribution is -2.66. The van der Waals surface area contributed by atoms with Crippen LogP contribution in [-0.2, 0) is 19.1 Å². The Bertz CT molecular complexity index is 357. The fourth-order valence-corrected chi connectivity index (χ4v) is 2.49. The number of carbonyl (C=O) groups is 2. The Kier molecular flexibility index (Phi) is 4.42. The minimum absolute atomic E-state index is 0.0185. The van der Waals surface area contributed by atoms with Gasteiger partial charge < -0.3 is 19.7 Å². The first-order valence-corrected chi connectivity index (χ1v) is 6.75. The van der Waals surface area contributed by atoms with E-state index in [0.717, 1.165) is 12.8 Å². The van der Waals surface area contributed by atoms with E-state index in [0.29, 0.717) is 32.3 Å². The molecular formula is C13H22N2O4. The second-order valence-electron chi connectivity index (χ2n) is 5.36. The highest BCUT2D eigenvalue weighted by molar-refractivity contribution is 5.98. The molecule has 1 saturated heterocycles. The summed E-state index contributed by atoms with van der Waals surface area (Å²) in [6, 6.07) is 0. The maximum Gasteiger partial charge on any atom is 0.248 e. The summed E-state index contributed by atoms with van der Waals surface area (Å²) >= 11 is 0. The van der Waals surface area contributed by atoms with E-state index >= 15 is 0 Å². The topological polar surface area (TPSA) is 67.9 Å². The Morgan fingerprint density at radius 3 is 2.68 bits per heavy atom. The zero-order chi connectivity index (χ0) is 13.9. The predicted octanol–water partition coefficient (Wildman–Crippen LogP) is -0.223. The molecule has 2 fully saturated rings. The quantitative estimate of drug-likeness (QED) is 0.649. The number of hydrogen-bond acceptors (Lipinski definition) is 4. The van der Waals surface area contributed by atoms with Crippen molar-refractivity contribution in [2.24, 2.45) is 5.92 Å². The van der Waals surface area contributed by atoms with Gasteiger partial charge in [-0.2, -0.15) is 0 Å². The van der Waals surface area contributed by atoms with Crippen LogP contribution in [0.1, 0.15) is 19.8 Å². The van der Waals surface area contributed by atoms with Gasteiger partial charge in [0.2, 0.25) is 11.8 Å². The van der Waals surface area contributed by atoms with Crippen LogP contribution in [0.15, 0.2) is 0 Å². The molecule has 1 saturated carbocycles. The van der Waals surface area contributed by atoms with Crippen molar-refractivity contribution in [3.05, 3.63) is 0 Å². The van der Waals surface area contributed by atoms with Crippen LogP contribution in [0.5, 0.6) is 0 Å². The van der Waals surface area contributed by atoms with Crippen LogP contribution in [-0.4, -0.2) is 62.3 Å². The summed E-state index contributed by atoms with van der Waals surface area (Å²) in [5.74, 6) is 0.233. The van der Waals surface area contributed by atoms with Gasteiger partial charge in [0.1, 0.15) is 5.54 Å². The van der Waals surface area contributed by atoms with Crippen molar-refractivity contribution in [2.45, 2.75) is 25.3 Å². The van der Waals surface area contributed by atoms with Gasteiger partial charge >= 0.3 is 0 Å². The van der Waals surface area contributed by atoms with E-state index in [9.17, 15) is 9.59 Å². The molecule has 108 valence electrons. The van der Waals surface area contributed by atoms with Crippen LogP contribution in [0, 0.1) is 5.92 Å². The highest BCUT2D eigenvalue weighted by Crippen LogP contribution is 2.41. The minimum atomic E-state index is -0.706. The average Bonchev–Trinajstić information content (AvgIpc) is 3.19. The van der Waals surface area contributed by atoms with Crippen LogP contribution >= 0.6 is 0 Å². The Hall–Kier alpha value is -1.14. The molecule has 6 nitrogen and oxygen atoms in total. The molecule has 0 aromatic heterocycles. The molecule has 6 heteroatoms. The molecule has 1 unspecified atom stereocenters. The lowest BCUT2D eigenvalue weighted by molar-refractivity contribution is -0.150. The monoisotopic (exact) mass is 270 g/mol. The van der Waals surface area contributed by atoms with Crippen LogP contribution in [0.25, 0.3) is 0 Å². The first-order valence-electron chi connectivity index (χ1n) is 6.75. The number of rotatable bonds is 7. The lowest BCUT2D eigenvalue weighted by Gasteiger charge is -2.40. The normalized spacial score (nSPS) is 27.6. The standard InChI is InChI=1S/C13H22N2O4/c1-13(10-3-4-10)12(17)15(9-11(16)14-13)5-6-19-8-7-18-2/h10H,3-9H2,1-2H3,(H,14,16). The summed E-state index contributed by atoms with van der Waals surface area (Å²) in [6.07, 6.45) is 2.03. The Labute approximate surface area is 113 Å². The number of amides is 2. The first kappa shape index (κ1) is 14.3. The molecule has 0 spiro atoms. The Morgan fingerprint density at radius 1 is 1.32 bits per heavy atom. The number of ether oxygens (including phenoxy) is 2. The van der Waals surface area contributed by atoms with Crippen molar-refractivity contribution in [2.75, 3.05) is 40.0 Å². The molecular weight excluding hydrogens is 248 g/mol. The van der Waals surface area contributed by atoms with Crippen molar-refractivity contribution in [3.8, 4) is 0 Å². The van der Waals surface area contributed by atoms with E-state index in [4.69, 9.17) is 9.47 Å². The minimum Gasteiger partial charge on any atom is -0.382 e. The smallest absolute Gasteiger partial charge is 0.248 e. The largest absolute Gasteiger partial charge is 0.382 e. The zero-order valence-electron chi connectivity index (χ0n) is 11.6. The summed E-state index contributed by atoms with van der Waals surface area (Å²) < 4.78 is 10.2. The third kappa shape index (κ3) is 3.25. The van der Waals surface area contributed by atoms with Gasteiger partial charge in [0.25, 0.3) is 0 Å². The first-order chi connectivity index (χ1) is 9.08. The number of methoxy groups -OCH3 is 1. The van der Waals surface area contributed by atoms with E-state index in [1.807, 2.05) is 6.92 Å². The summed E-state index contributed by atoms with van der Waals surface area (Å²) in [6.45, 7) is 3.90. The van der Waals surface area contributed by atoms with Crippen LogP contribution < -0.4 is 5.32 Å². The second-order valence-corrected chi connectivity index (χ2v) is 5.36. The molecule has 1 N–H and O–H groups in total. The molecule has 1 atom stereocenters. The highest BCUT2D eigenvalue weighted by Gasteiger charge is 2.52. The van der Waals surface area contributed by atoms with Gasteiger partial charge in [-0.05, 0) is 25.7 Å². The summed E-state index contributed by atoms with van der Waals surface area (Å²) in [7, 11) is 1.61. The van der Waals surface area contributed by atoms with E-state index in [1.165, 1.54) is 0 Å². The number of piperazine rings is 1. The molecule has 1 heterocycles. The lowest BCUT2D eigenvalue weighted by atomic mass is 9.91. The van der Waals surface area contributed by atoms with Gasteiger partial charge in [-0.25, -0.2) is 0 Å². The van der Waals surface area contributed by atoms with E-state index < -0.39 is 5.54 Å². The van der Waals surface area contributed by atoms with Crippen molar-refractivity contribution < 1.29 is 19.1 Å². The Balaban J connectivity index is 1.85. The van der Waals surface area contributed by atoms with Gasteiger partial charge in [0, 0.05) is 13.7 Å². The van der Waals surface area contributed by atoms with E-state index in [1.54, 1.807) is 12.0 Å². The van der Waals surface area contributed by atoms with Gasteiger partial charge in [-0.15, -0.1) is 0 Å². The number of nitrogens with zero attached hydrogens (tertiary/aromatic N) is 1. The summed E-state index contributed by atoms with van der Waals surface area (Å²) in [5, 5.41) is 2.85. The SMILES string of the molecule is COCCOCCN1CC(=O)NC(C)(C2CC2)C1=O. The number of carbonyl (C=O) groups excluding carboxylic acids is 2. The molecule has 2 rings (SSSR count). The molecule has 0 bridgehead atoms. The number of nitrogens with one attached hydrogen (secondary N) is 1. The zero-order valence-corrected chi connectivity index (χ0v) is 11.6. The fourth-order valence-electron chi connectivity index (χ4n) is 2.49. The molecule has 0 radical (unpaired) electrons. The van der Waals surface area contributed by atoms with Crippen LogP contribution in [0.4, 0.5) is 0 Å². The highest BCUT2D eigenvalue weighted by atomic mass is 16.5. The van der Waals surface area contributed by atoms with E-state index in [-0.39, 0.29) is 18.4 Å². The Morgan fingerprint density at radius 2 is 2.05 bits per heavy atom. The van der Waals surface area contributed by atoms with Crippen LogP contribution in [0.3, 0.4) is 0 Å². The molecule has 1 aliphatic heterocycles. The molecule has 2 aliphatic rings. The van der Waals surface area contributed by atoms with Gasteiger partial charge in [-0.1, -0.05) is 0 Å². The molecule has 0 aromatic carbocycles. The molecule has 0 aromatic rings. The summed E-state index contributed by atoms with van der Waals surface area (Å²) in [5.41, 5.74) is -0.706. The van der Waals surface area contributed by atoms with Gasteiger partial charge in [0.05, 0.1) is 26.4 Å². The molecule has 1 aliphatic carbocycles.